The van der Waals surface area contributed by atoms with E-state index >= 15 is 0 Å². The Balaban J connectivity index is 2.29. The van der Waals surface area contributed by atoms with Crippen molar-refractivity contribution in [1.82, 2.24) is 10.2 Å². The molecule has 1 unspecified atom stereocenters. The first-order chi connectivity index (χ1) is 9.38. The van der Waals surface area contributed by atoms with Crippen molar-refractivity contribution < 1.29 is 14.0 Å². The maximum atomic E-state index is 13.4. The van der Waals surface area contributed by atoms with Crippen LogP contribution in [0.3, 0.4) is 0 Å². The van der Waals surface area contributed by atoms with Crippen molar-refractivity contribution in [3.63, 3.8) is 0 Å². The standard InChI is InChI=1S/C13H14FN3O2S/c1-7-13(19)16-11(18)6-17(7)5-8-4-9(14)2-3-10(8)12(15)20/h2-4,7H,5-6H2,1H3,(H2,15,20)(H,16,18,19). The van der Waals surface area contributed by atoms with Crippen LogP contribution in [0.5, 0.6) is 0 Å². The van der Waals surface area contributed by atoms with Crippen LogP contribution in [0.15, 0.2) is 18.2 Å². The molecule has 1 heterocycles. The molecule has 0 aromatic heterocycles. The molecule has 0 spiro atoms. The zero-order chi connectivity index (χ0) is 14.9. The van der Waals surface area contributed by atoms with Gasteiger partial charge in [0.1, 0.15) is 10.8 Å². The molecule has 7 heteroatoms. The third-order valence-electron chi connectivity index (χ3n) is 3.24. The van der Waals surface area contributed by atoms with Crippen LogP contribution < -0.4 is 11.1 Å². The smallest absolute Gasteiger partial charge is 0.243 e. The van der Waals surface area contributed by atoms with Gasteiger partial charge in [0.05, 0.1) is 12.6 Å². The quantitative estimate of drug-likeness (QED) is 0.620. The summed E-state index contributed by atoms with van der Waals surface area (Å²) in [6.07, 6.45) is 0. The fourth-order valence-electron chi connectivity index (χ4n) is 2.11. The molecule has 106 valence electrons. The SMILES string of the molecule is CC1C(=O)NC(=O)CN1Cc1cc(F)ccc1C(N)=S. The average molecular weight is 295 g/mol. The van der Waals surface area contributed by atoms with Crippen LogP contribution in [0.1, 0.15) is 18.1 Å². The average Bonchev–Trinajstić information content (AvgIpc) is 2.35. The lowest BCUT2D eigenvalue weighted by atomic mass is 10.0. The maximum absolute atomic E-state index is 13.4. The lowest BCUT2D eigenvalue weighted by Crippen LogP contribution is -2.56. The predicted molar refractivity (Wildman–Crippen MR) is 75.3 cm³/mol. The van der Waals surface area contributed by atoms with Gasteiger partial charge in [-0.1, -0.05) is 12.2 Å². The summed E-state index contributed by atoms with van der Waals surface area (Å²) in [5.41, 5.74) is 6.71. The van der Waals surface area contributed by atoms with Gasteiger partial charge in [-0.2, -0.15) is 0 Å². The summed E-state index contributed by atoms with van der Waals surface area (Å²) in [6.45, 7) is 1.98. The van der Waals surface area contributed by atoms with Crippen molar-refractivity contribution in [1.29, 1.82) is 0 Å². The number of halogens is 1. The lowest BCUT2D eigenvalue weighted by Gasteiger charge is -2.32. The number of rotatable bonds is 3. The van der Waals surface area contributed by atoms with Crippen LogP contribution in [-0.4, -0.2) is 34.3 Å². The molecule has 1 saturated heterocycles. The van der Waals surface area contributed by atoms with Gasteiger partial charge in [0.2, 0.25) is 11.8 Å². The van der Waals surface area contributed by atoms with E-state index in [1.165, 1.54) is 18.2 Å². The number of thiocarbonyl (C=S) groups is 1. The molecule has 1 fully saturated rings. The zero-order valence-corrected chi connectivity index (χ0v) is 11.7. The fourth-order valence-corrected chi connectivity index (χ4v) is 2.31. The molecule has 1 aromatic rings. The van der Waals surface area contributed by atoms with Crippen LogP contribution in [0.4, 0.5) is 4.39 Å². The third kappa shape index (κ3) is 3.00. The van der Waals surface area contributed by atoms with Crippen molar-refractivity contribution in [2.24, 2.45) is 5.73 Å². The number of piperazine rings is 1. The minimum Gasteiger partial charge on any atom is -0.389 e. The summed E-state index contributed by atoms with van der Waals surface area (Å²) in [5, 5.41) is 2.25. The Hall–Kier alpha value is -1.86. The number of nitrogens with one attached hydrogen (secondary N) is 1. The van der Waals surface area contributed by atoms with E-state index in [9.17, 15) is 14.0 Å². The first-order valence-electron chi connectivity index (χ1n) is 6.04. The Kier molecular flexibility index (Phi) is 4.10. The molecule has 0 aliphatic carbocycles. The monoisotopic (exact) mass is 295 g/mol. The minimum absolute atomic E-state index is 0.0696. The highest BCUT2D eigenvalue weighted by molar-refractivity contribution is 7.80. The highest BCUT2D eigenvalue weighted by atomic mass is 32.1. The topological polar surface area (TPSA) is 75.4 Å². The first-order valence-corrected chi connectivity index (χ1v) is 6.45. The van der Waals surface area contributed by atoms with Gasteiger partial charge in [0, 0.05) is 12.1 Å². The van der Waals surface area contributed by atoms with Gasteiger partial charge in [0.25, 0.3) is 0 Å². The van der Waals surface area contributed by atoms with Crippen molar-refractivity contribution in [2.45, 2.75) is 19.5 Å². The summed E-state index contributed by atoms with van der Waals surface area (Å²) >= 11 is 4.93. The van der Waals surface area contributed by atoms with Gasteiger partial charge in [-0.05, 0) is 30.7 Å². The Morgan fingerprint density at radius 1 is 1.55 bits per heavy atom. The number of nitrogens with two attached hydrogens (primary N) is 1. The predicted octanol–water partition coefficient (Wildman–Crippen LogP) is 0.307. The molecule has 2 amide bonds. The fraction of sp³-hybridized carbons (Fsp3) is 0.308. The summed E-state index contributed by atoms with van der Waals surface area (Å²) < 4.78 is 13.4. The van der Waals surface area contributed by atoms with E-state index in [0.717, 1.165) is 0 Å². The number of benzene rings is 1. The Morgan fingerprint density at radius 2 is 2.25 bits per heavy atom. The summed E-state index contributed by atoms with van der Waals surface area (Å²) in [7, 11) is 0. The first kappa shape index (κ1) is 14.5. The van der Waals surface area contributed by atoms with Gasteiger partial charge in [-0.25, -0.2) is 4.39 Å². The van der Waals surface area contributed by atoms with Crippen molar-refractivity contribution >= 4 is 29.0 Å². The van der Waals surface area contributed by atoms with E-state index < -0.39 is 11.9 Å². The molecule has 3 N–H and O–H groups in total. The number of hydrogen-bond donors (Lipinski definition) is 2. The highest BCUT2D eigenvalue weighted by Crippen LogP contribution is 2.17. The number of carbonyl (C=O) groups is 2. The number of hydrogen-bond acceptors (Lipinski definition) is 4. The maximum Gasteiger partial charge on any atom is 0.243 e. The number of nitrogens with zero attached hydrogens (tertiary/aromatic N) is 1. The van der Waals surface area contributed by atoms with Crippen molar-refractivity contribution in [2.75, 3.05) is 6.54 Å². The van der Waals surface area contributed by atoms with E-state index in [0.29, 0.717) is 11.1 Å². The second-order valence-electron chi connectivity index (χ2n) is 4.66. The minimum atomic E-state index is -0.477. The van der Waals surface area contributed by atoms with Crippen LogP contribution >= 0.6 is 12.2 Å². The van der Waals surface area contributed by atoms with Gasteiger partial charge in [-0.15, -0.1) is 0 Å². The second-order valence-corrected chi connectivity index (χ2v) is 5.10. The van der Waals surface area contributed by atoms with Crippen LogP contribution in [0.25, 0.3) is 0 Å². The molecule has 2 rings (SSSR count). The Labute approximate surface area is 120 Å². The van der Waals surface area contributed by atoms with Gasteiger partial charge in [0.15, 0.2) is 0 Å². The van der Waals surface area contributed by atoms with Gasteiger partial charge < -0.3 is 5.73 Å². The molecular formula is C13H14FN3O2S. The Morgan fingerprint density at radius 3 is 2.90 bits per heavy atom. The largest absolute Gasteiger partial charge is 0.389 e. The highest BCUT2D eigenvalue weighted by Gasteiger charge is 2.30. The van der Waals surface area contributed by atoms with Crippen LogP contribution in [0.2, 0.25) is 0 Å². The van der Waals surface area contributed by atoms with E-state index in [1.807, 2.05) is 0 Å². The van der Waals surface area contributed by atoms with E-state index in [-0.39, 0.29) is 29.9 Å². The van der Waals surface area contributed by atoms with Gasteiger partial charge in [-0.3, -0.25) is 19.8 Å². The van der Waals surface area contributed by atoms with E-state index in [4.69, 9.17) is 18.0 Å². The summed E-state index contributed by atoms with van der Waals surface area (Å²) in [5.74, 6) is -1.16. The molecule has 0 radical (unpaired) electrons. The molecule has 5 nitrogen and oxygen atoms in total. The number of carbonyl (C=O) groups excluding carboxylic acids is 2. The van der Waals surface area contributed by atoms with Crippen molar-refractivity contribution in [3.05, 3.63) is 35.1 Å². The van der Waals surface area contributed by atoms with Crippen LogP contribution in [-0.2, 0) is 16.1 Å². The van der Waals surface area contributed by atoms with Crippen LogP contribution in [0, 0.1) is 5.82 Å². The second kappa shape index (κ2) is 5.64. The molecule has 1 aliphatic heterocycles. The lowest BCUT2D eigenvalue weighted by molar-refractivity contribution is -0.139. The normalized spacial score (nSPS) is 19.8. The molecule has 1 aromatic carbocycles. The summed E-state index contributed by atoms with van der Waals surface area (Å²) in [6, 6.07) is 3.62. The molecule has 0 saturated carbocycles. The molecule has 1 aliphatic rings. The van der Waals surface area contributed by atoms with Crippen molar-refractivity contribution in [3.8, 4) is 0 Å². The van der Waals surface area contributed by atoms with E-state index in [2.05, 4.69) is 5.32 Å². The van der Waals surface area contributed by atoms with Gasteiger partial charge >= 0.3 is 0 Å². The number of imide groups is 1. The Bertz CT molecular complexity index is 591. The summed E-state index contributed by atoms with van der Waals surface area (Å²) in [4.78, 5) is 24.8. The molecular weight excluding hydrogens is 281 g/mol. The molecule has 0 bridgehead atoms. The zero-order valence-electron chi connectivity index (χ0n) is 10.9. The third-order valence-corrected chi connectivity index (χ3v) is 3.46. The number of amides is 2. The molecule has 20 heavy (non-hydrogen) atoms. The molecule has 1 atom stereocenters. The van der Waals surface area contributed by atoms with E-state index in [1.54, 1.807) is 11.8 Å².